The van der Waals surface area contributed by atoms with Gasteiger partial charge < -0.3 is 9.05 Å². The minimum Gasteiger partial charge on any atom is -0.329 e. The molecule has 0 saturated heterocycles. The minimum absolute atomic E-state index is 0.326. The topological polar surface area (TPSA) is 44.8 Å². The Morgan fingerprint density at radius 2 is 1.53 bits per heavy atom. The van der Waals surface area contributed by atoms with Crippen LogP contribution in [-0.4, -0.2) is 25.5 Å². The summed E-state index contributed by atoms with van der Waals surface area (Å²) < 4.78 is 28.0. The highest BCUT2D eigenvalue weighted by Crippen LogP contribution is 2.64. The molecule has 0 aliphatic heterocycles. The van der Waals surface area contributed by atoms with E-state index in [1.165, 1.54) is 0 Å². The summed E-state index contributed by atoms with van der Waals surface area (Å²) >= 11 is 5.25. The minimum atomic E-state index is -3.05. The summed E-state index contributed by atoms with van der Waals surface area (Å²) in [4.78, 5) is 0. The van der Waals surface area contributed by atoms with Gasteiger partial charge in [-0.25, -0.2) is 0 Å². The predicted octanol–water partition coefficient (Wildman–Crippen LogP) is 3.62. The zero-order valence-electron chi connectivity index (χ0n) is 9.76. The van der Waals surface area contributed by atoms with Crippen LogP contribution < -0.4 is 0 Å². The van der Waals surface area contributed by atoms with Gasteiger partial charge in [0, 0.05) is 12.3 Å². The van der Waals surface area contributed by atoms with Gasteiger partial charge in [-0.2, -0.15) is 0 Å². The highest BCUT2D eigenvalue weighted by atomic mass is 32.5. The number of rotatable bonds is 8. The van der Waals surface area contributed by atoms with Crippen molar-refractivity contribution in [3.05, 3.63) is 0 Å². The standard InChI is InChI=1S/C8H20O4P2S/c1-5-10-13(9,7-3)12-14(15,8-4)11-6-2/h5-8H2,1-4H3. The Labute approximate surface area is 97.4 Å². The quantitative estimate of drug-likeness (QED) is 0.632. The molecule has 0 heterocycles. The first-order valence-electron chi connectivity index (χ1n) is 5.13. The highest BCUT2D eigenvalue weighted by Gasteiger charge is 2.30. The fraction of sp³-hybridized carbons (Fsp3) is 1.00. The molecule has 2 unspecified atom stereocenters. The molecule has 0 aliphatic rings. The van der Waals surface area contributed by atoms with Crippen LogP contribution in [0.1, 0.15) is 27.7 Å². The van der Waals surface area contributed by atoms with Crippen LogP contribution in [0.25, 0.3) is 0 Å². The lowest BCUT2D eigenvalue weighted by Gasteiger charge is -2.25. The zero-order chi connectivity index (χ0) is 11.9. The molecule has 7 heteroatoms. The fourth-order valence-electron chi connectivity index (χ4n) is 0.928. The van der Waals surface area contributed by atoms with Crippen molar-refractivity contribution in [3.8, 4) is 0 Å². The molecule has 2 atom stereocenters. The normalized spacial score (nSPS) is 19.5. The third kappa shape index (κ3) is 5.58. The molecule has 92 valence electrons. The molecule has 0 amide bonds. The second-order valence-electron chi connectivity index (χ2n) is 2.77. The monoisotopic (exact) mass is 274 g/mol. The molecule has 0 bridgehead atoms. The van der Waals surface area contributed by atoms with Crippen molar-refractivity contribution in [1.82, 2.24) is 0 Å². The van der Waals surface area contributed by atoms with Crippen molar-refractivity contribution in [2.45, 2.75) is 27.7 Å². The van der Waals surface area contributed by atoms with Crippen molar-refractivity contribution >= 4 is 25.9 Å². The maximum atomic E-state index is 12.1. The first-order valence-corrected chi connectivity index (χ1v) is 9.68. The van der Waals surface area contributed by atoms with Gasteiger partial charge in [-0.1, -0.05) is 13.8 Å². The SMILES string of the molecule is CCOP(=O)(CC)OP(=S)(CC)OCC. The predicted molar refractivity (Wildman–Crippen MR) is 67.3 cm³/mol. The molecular formula is C8H20O4P2S. The lowest BCUT2D eigenvalue weighted by molar-refractivity contribution is 0.264. The van der Waals surface area contributed by atoms with Crippen molar-refractivity contribution in [2.24, 2.45) is 0 Å². The Morgan fingerprint density at radius 3 is 1.87 bits per heavy atom. The largest absolute Gasteiger partial charge is 0.335 e. The molecule has 0 aliphatic carbocycles. The second kappa shape index (κ2) is 7.16. The molecule has 0 fully saturated rings. The van der Waals surface area contributed by atoms with E-state index in [0.29, 0.717) is 25.5 Å². The van der Waals surface area contributed by atoms with Crippen molar-refractivity contribution in [3.63, 3.8) is 0 Å². The van der Waals surface area contributed by atoms with Crippen LogP contribution in [0.15, 0.2) is 0 Å². The van der Waals surface area contributed by atoms with Gasteiger partial charge in [-0.3, -0.25) is 8.88 Å². The third-order valence-corrected chi connectivity index (χ3v) is 8.21. The lowest BCUT2D eigenvalue weighted by Crippen LogP contribution is -2.01. The summed E-state index contributed by atoms with van der Waals surface area (Å²) in [6.45, 7) is 5.67. The van der Waals surface area contributed by atoms with E-state index >= 15 is 0 Å². The highest BCUT2D eigenvalue weighted by molar-refractivity contribution is 8.11. The molecule has 0 saturated carbocycles. The molecule has 0 rings (SSSR count). The van der Waals surface area contributed by atoms with Gasteiger partial charge in [-0.05, 0) is 25.7 Å². The Morgan fingerprint density at radius 1 is 1.00 bits per heavy atom. The summed E-state index contributed by atoms with van der Waals surface area (Å²) in [7, 11) is -3.05. The lowest BCUT2D eigenvalue weighted by atomic mass is 10.9. The first kappa shape index (κ1) is 15.8. The van der Waals surface area contributed by atoms with Crippen LogP contribution in [0, 0.1) is 0 Å². The second-order valence-corrected chi connectivity index (χ2v) is 9.32. The van der Waals surface area contributed by atoms with Gasteiger partial charge in [0.25, 0.3) is 0 Å². The molecule has 0 radical (unpaired) electrons. The van der Waals surface area contributed by atoms with Gasteiger partial charge in [0.05, 0.1) is 13.2 Å². The summed E-state index contributed by atoms with van der Waals surface area (Å²) in [6.07, 6.45) is 0.888. The van der Waals surface area contributed by atoms with E-state index in [1.54, 1.807) is 13.8 Å². The van der Waals surface area contributed by atoms with E-state index in [2.05, 4.69) is 0 Å². The van der Waals surface area contributed by atoms with Gasteiger partial charge in [0.1, 0.15) is 0 Å². The molecule has 0 aromatic carbocycles. The summed E-state index contributed by atoms with van der Waals surface area (Å²) in [5.74, 6) is 0. The van der Waals surface area contributed by atoms with Crippen molar-refractivity contribution in [2.75, 3.05) is 25.5 Å². The fourth-order valence-corrected chi connectivity index (χ4v) is 6.13. The van der Waals surface area contributed by atoms with Crippen LogP contribution in [0.4, 0.5) is 0 Å². The van der Waals surface area contributed by atoms with Crippen LogP contribution >= 0.6 is 14.1 Å². The zero-order valence-corrected chi connectivity index (χ0v) is 12.4. The molecular weight excluding hydrogens is 254 g/mol. The molecule has 0 N–H and O–H groups in total. The molecule has 0 aromatic heterocycles. The molecule has 15 heavy (non-hydrogen) atoms. The van der Waals surface area contributed by atoms with E-state index in [-0.39, 0.29) is 0 Å². The third-order valence-electron chi connectivity index (χ3n) is 1.67. The van der Waals surface area contributed by atoms with Gasteiger partial charge in [0.2, 0.25) is 0 Å². The van der Waals surface area contributed by atoms with E-state index in [0.717, 1.165) is 0 Å². The Hall–Kier alpha value is 0.760. The van der Waals surface area contributed by atoms with Gasteiger partial charge in [0.15, 0.2) is 6.49 Å². The van der Waals surface area contributed by atoms with E-state index in [1.807, 2.05) is 13.8 Å². The van der Waals surface area contributed by atoms with Crippen LogP contribution in [-0.2, 0) is 29.7 Å². The average Bonchev–Trinajstić information content (AvgIpc) is 2.18. The van der Waals surface area contributed by atoms with Crippen LogP contribution in [0.5, 0.6) is 0 Å². The van der Waals surface area contributed by atoms with Crippen molar-refractivity contribution in [1.29, 1.82) is 0 Å². The molecule has 0 spiro atoms. The maximum Gasteiger partial charge on any atom is 0.335 e. The maximum absolute atomic E-state index is 12.1. The van der Waals surface area contributed by atoms with Gasteiger partial charge in [-0.15, -0.1) is 0 Å². The summed E-state index contributed by atoms with van der Waals surface area (Å²) in [5.41, 5.74) is 0. The smallest absolute Gasteiger partial charge is 0.329 e. The Kier molecular flexibility index (Phi) is 7.52. The van der Waals surface area contributed by atoms with E-state index in [4.69, 9.17) is 25.2 Å². The van der Waals surface area contributed by atoms with Crippen LogP contribution in [0.3, 0.4) is 0 Å². The Bertz CT molecular complexity index is 243. The molecule has 0 aromatic rings. The summed E-state index contributed by atoms with van der Waals surface area (Å²) in [5, 5.41) is 0. The van der Waals surface area contributed by atoms with E-state index in [9.17, 15) is 4.57 Å². The first-order chi connectivity index (χ1) is 6.95. The number of hydrogen-bond acceptors (Lipinski definition) is 5. The molecule has 4 nitrogen and oxygen atoms in total. The Balaban J connectivity index is 4.63. The van der Waals surface area contributed by atoms with E-state index < -0.39 is 14.1 Å². The number of hydrogen-bond donors (Lipinski definition) is 0. The van der Waals surface area contributed by atoms with Crippen LogP contribution in [0.2, 0.25) is 0 Å². The average molecular weight is 274 g/mol. The van der Waals surface area contributed by atoms with Gasteiger partial charge >= 0.3 is 7.60 Å². The summed E-state index contributed by atoms with van der Waals surface area (Å²) in [6, 6.07) is 0. The van der Waals surface area contributed by atoms with Crippen molar-refractivity contribution < 1.29 is 17.9 Å².